The molecule has 0 radical (unpaired) electrons. The van der Waals surface area contributed by atoms with Crippen molar-refractivity contribution in [2.45, 2.75) is 6.92 Å². The van der Waals surface area contributed by atoms with Gasteiger partial charge in [-0.3, -0.25) is 9.59 Å². The number of hydrogen-bond donors (Lipinski definition) is 2. The molecule has 0 aromatic heterocycles. The molecule has 0 spiro atoms. The van der Waals surface area contributed by atoms with Crippen LogP contribution in [0.4, 0.5) is 5.69 Å². The van der Waals surface area contributed by atoms with Gasteiger partial charge >= 0.3 is 17.8 Å². The number of ether oxygens (including phenoxy) is 2. The molecule has 0 bridgehead atoms. The Balaban J connectivity index is 1.40. The number of fused-ring (bicyclic) bond motifs is 1. The lowest BCUT2D eigenvalue weighted by atomic mass is 10.1. The van der Waals surface area contributed by atoms with E-state index in [1.165, 1.54) is 6.21 Å². The number of esters is 1. The molecular weight excluding hydrogens is 494 g/mol. The number of hydrogen-bond acceptors (Lipinski definition) is 6. The van der Waals surface area contributed by atoms with E-state index in [1.54, 1.807) is 61.5 Å². The van der Waals surface area contributed by atoms with Gasteiger partial charge in [-0.15, -0.1) is 0 Å². The predicted octanol–water partition coefficient (Wildman–Crippen LogP) is 5.20. The number of hydrazone groups is 1. The molecule has 0 saturated heterocycles. The van der Waals surface area contributed by atoms with E-state index in [2.05, 4.69) is 15.8 Å². The van der Waals surface area contributed by atoms with Crippen molar-refractivity contribution in [1.82, 2.24) is 5.43 Å². The maximum atomic E-state index is 12.4. The Morgan fingerprint density at radius 2 is 1.65 bits per heavy atom. The first-order valence-corrected chi connectivity index (χ1v) is 11.7. The summed E-state index contributed by atoms with van der Waals surface area (Å²) in [5.74, 6) is -1.81. The Morgan fingerprint density at radius 1 is 0.892 bits per heavy atom. The average Bonchev–Trinajstić information content (AvgIpc) is 2.90. The van der Waals surface area contributed by atoms with Crippen LogP contribution in [0.2, 0.25) is 5.02 Å². The summed E-state index contributed by atoms with van der Waals surface area (Å²) in [5, 5.41) is 8.71. The van der Waals surface area contributed by atoms with Crippen LogP contribution in [-0.2, 0) is 9.59 Å². The fraction of sp³-hybridized carbons (Fsp3) is 0.0714. The van der Waals surface area contributed by atoms with Crippen molar-refractivity contribution >= 4 is 52.1 Å². The predicted molar refractivity (Wildman–Crippen MR) is 142 cm³/mol. The smallest absolute Gasteiger partial charge is 0.343 e. The lowest BCUT2D eigenvalue weighted by Crippen LogP contribution is -2.32. The van der Waals surface area contributed by atoms with E-state index in [-0.39, 0.29) is 5.75 Å². The van der Waals surface area contributed by atoms with Crippen LogP contribution in [0.25, 0.3) is 10.8 Å². The van der Waals surface area contributed by atoms with Crippen molar-refractivity contribution in [3.63, 3.8) is 0 Å². The summed E-state index contributed by atoms with van der Waals surface area (Å²) in [6.45, 7) is 2.12. The summed E-state index contributed by atoms with van der Waals surface area (Å²) in [6.07, 6.45) is 1.34. The van der Waals surface area contributed by atoms with Crippen LogP contribution in [0.1, 0.15) is 22.8 Å². The Kier molecular flexibility index (Phi) is 8.12. The molecule has 0 aliphatic heterocycles. The van der Waals surface area contributed by atoms with Crippen molar-refractivity contribution in [3.05, 3.63) is 101 Å². The number of benzene rings is 4. The SMILES string of the molecule is CCOc1cc(/C=N/NC(=O)C(=O)Nc2cccc3ccccc23)ccc1OC(=O)c1ccc(Cl)cc1. The standard InChI is InChI=1S/C28H22ClN3O5/c1-2-36-25-16-18(10-15-24(25)37-28(35)20-11-13-21(29)14-12-20)17-30-32-27(34)26(33)31-23-9-5-7-19-6-3-4-8-22(19)23/h3-17H,2H2,1H3,(H,31,33)(H,32,34)/b30-17+. The molecule has 4 aromatic carbocycles. The molecule has 8 nitrogen and oxygen atoms in total. The second-order valence-corrected chi connectivity index (χ2v) is 8.15. The number of rotatable bonds is 7. The summed E-state index contributed by atoms with van der Waals surface area (Å²) in [7, 11) is 0. The molecule has 0 aliphatic carbocycles. The van der Waals surface area contributed by atoms with Gasteiger partial charge in [-0.25, -0.2) is 10.2 Å². The number of halogens is 1. The van der Waals surface area contributed by atoms with Crippen LogP contribution >= 0.6 is 11.6 Å². The number of amides is 2. The zero-order valence-electron chi connectivity index (χ0n) is 19.7. The van der Waals surface area contributed by atoms with Crippen LogP contribution in [0.3, 0.4) is 0 Å². The molecule has 37 heavy (non-hydrogen) atoms. The molecule has 0 heterocycles. The highest BCUT2D eigenvalue weighted by atomic mass is 35.5. The third-order valence-corrected chi connectivity index (χ3v) is 5.43. The van der Waals surface area contributed by atoms with E-state index >= 15 is 0 Å². The first-order chi connectivity index (χ1) is 17.9. The highest BCUT2D eigenvalue weighted by Crippen LogP contribution is 2.29. The first kappa shape index (κ1) is 25.4. The minimum Gasteiger partial charge on any atom is -0.490 e. The maximum Gasteiger partial charge on any atom is 0.343 e. The number of carbonyl (C=O) groups excluding carboxylic acids is 3. The van der Waals surface area contributed by atoms with Gasteiger partial charge in [0.2, 0.25) is 0 Å². The molecule has 186 valence electrons. The lowest BCUT2D eigenvalue weighted by molar-refractivity contribution is -0.136. The van der Waals surface area contributed by atoms with Gasteiger partial charge in [0.15, 0.2) is 11.5 Å². The van der Waals surface area contributed by atoms with Crippen molar-refractivity contribution in [3.8, 4) is 11.5 Å². The number of carbonyl (C=O) groups is 3. The summed E-state index contributed by atoms with van der Waals surface area (Å²) in [6, 6.07) is 24.0. The number of nitrogens with one attached hydrogen (secondary N) is 2. The Bertz CT molecular complexity index is 1480. The van der Waals surface area contributed by atoms with Gasteiger partial charge in [-0.05, 0) is 66.4 Å². The normalized spacial score (nSPS) is 10.8. The number of nitrogens with zero attached hydrogens (tertiary/aromatic N) is 1. The van der Waals surface area contributed by atoms with Gasteiger partial charge in [0.25, 0.3) is 0 Å². The zero-order chi connectivity index (χ0) is 26.2. The van der Waals surface area contributed by atoms with Crippen LogP contribution in [0.15, 0.2) is 90.0 Å². The maximum absolute atomic E-state index is 12.4. The van der Waals surface area contributed by atoms with Gasteiger partial charge in [-0.1, -0.05) is 48.0 Å². The summed E-state index contributed by atoms with van der Waals surface area (Å²) in [4.78, 5) is 37.0. The second-order valence-electron chi connectivity index (χ2n) is 7.72. The molecular formula is C28H22ClN3O5. The monoisotopic (exact) mass is 515 g/mol. The number of anilines is 1. The molecule has 0 saturated carbocycles. The molecule has 2 amide bonds. The van der Waals surface area contributed by atoms with E-state index in [4.69, 9.17) is 21.1 Å². The zero-order valence-corrected chi connectivity index (χ0v) is 20.5. The largest absolute Gasteiger partial charge is 0.490 e. The second kappa shape index (κ2) is 11.8. The first-order valence-electron chi connectivity index (χ1n) is 11.3. The minimum atomic E-state index is -0.928. The molecule has 0 fully saturated rings. The van der Waals surface area contributed by atoms with Crippen LogP contribution in [0.5, 0.6) is 11.5 Å². The van der Waals surface area contributed by atoms with Crippen LogP contribution in [-0.4, -0.2) is 30.6 Å². The van der Waals surface area contributed by atoms with Gasteiger partial charge < -0.3 is 14.8 Å². The molecule has 4 rings (SSSR count). The van der Waals surface area contributed by atoms with Gasteiger partial charge in [0, 0.05) is 16.1 Å². The third kappa shape index (κ3) is 6.50. The fourth-order valence-corrected chi connectivity index (χ4v) is 3.56. The topological polar surface area (TPSA) is 106 Å². The average molecular weight is 516 g/mol. The van der Waals surface area contributed by atoms with Crippen LogP contribution < -0.4 is 20.2 Å². The molecule has 0 unspecified atom stereocenters. The quantitative estimate of drug-likeness (QED) is 0.116. The van der Waals surface area contributed by atoms with Gasteiger partial charge in [-0.2, -0.15) is 5.10 Å². The van der Waals surface area contributed by atoms with Crippen molar-refractivity contribution < 1.29 is 23.9 Å². The Hall–Kier alpha value is -4.69. The molecule has 2 N–H and O–H groups in total. The summed E-state index contributed by atoms with van der Waals surface area (Å²) < 4.78 is 11.1. The summed E-state index contributed by atoms with van der Waals surface area (Å²) >= 11 is 5.86. The lowest BCUT2D eigenvalue weighted by Gasteiger charge is -2.11. The van der Waals surface area contributed by atoms with Crippen molar-refractivity contribution in [2.75, 3.05) is 11.9 Å². The van der Waals surface area contributed by atoms with Crippen molar-refractivity contribution in [2.24, 2.45) is 5.10 Å². The molecule has 0 atom stereocenters. The Labute approximate surface area is 217 Å². The highest BCUT2D eigenvalue weighted by molar-refractivity contribution is 6.40. The van der Waals surface area contributed by atoms with E-state index in [1.807, 2.05) is 30.3 Å². The van der Waals surface area contributed by atoms with E-state index in [0.717, 1.165) is 10.8 Å². The van der Waals surface area contributed by atoms with Crippen LogP contribution in [0, 0.1) is 0 Å². The fourth-order valence-electron chi connectivity index (χ4n) is 3.43. The van der Waals surface area contributed by atoms with E-state index < -0.39 is 17.8 Å². The van der Waals surface area contributed by atoms with E-state index in [0.29, 0.717) is 34.2 Å². The Morgan fingerprint density at radius 3 is 2.43 bits per heavy atom. The third-order valence-electron chi connectivity index (χ3n) is 5.17. The molecule has 4 aromatic rings. The van der Waals surface area contributed by atoms with E-state index in [9.17, 15) is 14.4 Å². The van der Waals surface area contributed by atoms with Crippen molar-refractivity contribution in [1.29, 1.82) is 0 Å². The molecule has 0 aliphatic rings. The van der Waals surface area contributed by atoms with Gasteiger partial charge in [0.05, 0.1) is 18.4 Å². The minimum absolute atomic E-state index is 0.220. The summed E-state index contributed by atoms with van der Waals surface area (Å²) in [5.41, 5.74) is 3.61. The molecule has 9 heteroatoms. The van der Waals surface area contributed by atoms with Gasteiger partial charge in [0.1, 0.15) is 0 Å². The highest BCUT2D eigenvalue weighted by Gasteiger charge is 2.15.